The van der Waals surface area contributed by atoms with Crippen LogP contribution >= 0.6 is 11.3 Å². The standard InChI is InChI=1S/C15H17F3N2S/c1-9-8-19-14(21-9)11(3)20-10(2)12-5-4-6-13(7-12)15(16,17)18/h4-8,10-11,20H,1-3H3. The van der Waals surface area contributed by atoms with E-state index in [1.165, 1.54) is 12.1 Å². The molecule has 0 aliphatic heterocycles. The normalized spacial score (nSPS) is 15.0. The molecule has 2 atom stereocenters. The van der Waals surface area contributed by atoms with Crippen molar-refractivity contribution in [2.45, 2.75) is 39.0 Å². The lowest BCUT2D eigenvalue weighted by atomic mass is 10.0. The molecular formula is C15H17F3N2S. The molecule has 1 N–H and O–H groups in total. The summed E-state index contributed by atoms with van der Waals surface area (Å²) in [5.41, 5.74) is -0.00338. The van der Waals surface area contributed by atoms with Crippen LogP contribution < -0.4 is 5.32 Å². The molecule has 1 heterocycles. The van der Waals surface area contributed by atoms with Crippen LogP contribution in [0.25, 0.3) is 0 Å². The maximum Gasteiger partial charge on any atom is 0.416 e. The van der Waals surface area contributed by atoms with Crippen LogP contribution in [0.1, 0.15) is 46.9 Å². The highest BCUT2D eigenvalue weighted by Gasteiger charge is 2.30. The molecule has 0 aliphatic rings. The van der Waals surface area contributed by atoms with Crippen LogP contribution in [0.3, 0.4) is 0 Å². The summed E-state index contributed by atoms with van der Waals surface area (Å²) >= 11 is 1.59. The first kappa shape index (κ1) is 16.0. The maximum absolute atomic E-state index is 12.7. The van der Waals surface area contributed by atoms with Crippen LogP contribution in [0, 0.1) is 6.92 Å². The third kappa shape index (κ3) is 4.04. The minimum atomic E-state index is -4.31. The van der Waals surface area contributed by atoms with E-state index in [1.807, 2.05) is 20.8 Å². The molecule has 6 heteroatoms. The summed E-state index contributed by atoms with van der Waals surface area (Å²) in [4.78, 5) is 5.41. The predicted octanol–water partition coefficient (Wildman–Crippen LogP) is 4.88. The van der Waals surface area contributed by atoms with E-state index in [4.69, 9.17) is 0 Å². The van der Waals surface area contributed by atoms with E-state index in [0.29, 0.717) is 5.56 Å². The topological polar surface area (TPSA) is 24.9 Å². The number of halogens is 3. The minimum Gasteiger partial charge on any atom is -0.302 e. The Morgan fingerprint density at radius 2 is 1.90 bits per heavy atom. The van der Waals surface area contributed by atoms with Gasteiger partial charge in [0.15, 0.2) is 0 Å². The van der Waals surface area contributed by atoms with Crippen molar-refractivity contribution in [3.8, 4) is 0 Å². The summed E-state index contributed by atoms with van der Waals surface area (Å²) in [7, 11) is 0. The van der Waals surface area contributed by atoms with Gasteiger partial charge in [-0.2, -0.15) is 13.2 Å². The highest BCUT2D eigenvalue weighted by Crippen LogP contribution is 2.31. The van der Waals surface area contributed by atoms with E-state index < -0.39 is 11.7 Å². The van der Waals surface area contributed by atoms with Gasteiger partial charge in [-0.15, -0.1) is 11.3 Å². The molecule has 1 aromatic carbocycles. The van der Waals surface area contributed by atoms with Gasteiger partial charge in [-0.3, -0.25) is 0 Å². The molecule has 0 fully saturated rings. The number of aromatic nitrogens is 1. The van der Waals surface area contributed by atoms with Crippen molar-refractivity contribution < 1.29 is 13.2 Å². The van der Waals surface area contributed by atoms with Gasteiger partial charge in [-0.05, 0) is 38.5 Å². The lowest BCUT2D eigenvalue weighted by molar-refractivity contribution is -0.137. The number of rotatable bonds is 4. The second kappa shape index (κ2) is 6.15. The fraction of sp³-hybridized carbons (Fsp3) is 0.400. The second-order valence-electron chi connectivity index (χ2n) is 5.04. The van der Waals surface area contributed by atoms with Gasteiger partial charge < -0.3 is 5.32 Å². The lowest BCUT2D eigenvalue weighted by Gasteiger charge is -2.20. The fourth-order valence-corrected chi connectivity index (χ4v) is 2.88. The third-order valence-corrected chi connectivity index (χ3v) is 4.32. The van der Waals surface area contributed by atoms with E-state index in [9.17, 15) is 13.2 Å². The highest BCUT2D eigenvalue weighted by molar-refractivity contribution is 7.11. The van der Waals surface area contributed by atoms with E-state index in [0.717, 1.165) is 16.0 Å². The number of nitrogens with one attached hydrogen (secondary N) is 1. The van der Waals surface area contributed by atoms with E-state index in [-0.39, 0.29) is 12.1 Å². The molecule has 0 bridgehead atoms. The quantitative estimate of drug-likeness (QED) is 0.870. The Balaban J connectivity index is 2.11. The molecule has 0 aliphatic carbocycles. The number of thiazole rings is 1. The monoisotopic (exact) mass is 314 g/mol. The summed E-state index contributed by atoms with van der Waals surface area (Å²) in [5, 5.41) is 4.22. The minimum absolute atomic E-state index is 0.00626. The van der Waals surface area contributed by atoms with E-state index in [2.05, 4.69) is 10.3 Å². The molecule has 0 amide bonds. The molecule has 2 aromatic rings. The summed E-state index contributed by atoms with van der Waals surface area (Å²) in [6.07, 6.45) is -2.51. The van der Waals surface area contributed by atoms with Crippen molar-refractivity contribution in [1.29, 1.82) is 0 Å². The van der Waals surface area contributed by atoms with Crippen molar-refractivity contribution >= 4 is 11.3 Å². The van der Waals surface area contributed by atoms with E-state index >= 15 is 0 Å². The molecule has 0 saturated carbocycles. The van der Waals surface area contributed by atoms with Crippen LogP contribution in [0.2, 0.25) is 0 Å². The summed E-state index contributed by atoms with van der Waals surface area (Å²) in [6, 6.07) is 5.22. The maximum atomic E-state index is 12.7. The number of hydrogen-bond acceptors (Lipinski definition) is 3. The smallest absolute Gasteiger partial charge is 0.302 e. The van der Waals surface area contributed by atoms with Gasteiger partial charge in [0.1, 0.15) is 5.01 Å². The van der Waals surface area contributed by atoms with Crippen LogP contribution in [-0.2, 0) is 6.18 Å². The van der Waals surface area contributed by atoms with Crippen molar-refractivity contribution in [1.82, 2.24) is 10.3 Å². The molecule has 21 heavy (non-hydrogen) atoms. The molecule has 0 spiro atoms. The van der Waals surface area contributed by atoms with Crippen LogP contribution in [0.5, 0.6) is 0 Å². The second-order valence-corrected chi connectivity index (χ2v) is 6.31. The van der Waals surface area contributed by atoms with Crippen molar-refractivity contribution in [2.24, 2.45) is 0 Å². The number of alkyl halides is 3. The lowest BCUT2D eigenvalue weighted by Crippen LogP contribution is -2.22. The molecule has 114 valence electrons. The van der Waals surface area contributed by atoms with Gasteiger partial charge in [0, 0.05) is 17.1 Å². The first-order chi connectivity index (χ1) is 9.77. The largest absolute Gasteiger partial charge is 0.416 e. The average molecular weight is 314 g/mol. The van der Waals surface area contributed by atoms with Gasteiger partial charge in [0.05, 0.1) is 11.6 Å². The Labute approximate surface area is 126 Å². The number of benzene rings is 1. The summed E-state index contributed by atoms with van der Waals surface area (Å²) in [6.45, 7) is 5.79. The highest BCUT2D eigenvalue weighted by atomic mass is 32.1. The zero-order valence-electron chi connectivity index (χ0n) is 12.0. The average Bonchev–Trinajstić information content (AvgIpc) is 2.84. The molecule has 0 radical (unpaired) electrons. The van der Waals surface area contributed by atoms with Crippen LogP contribution in [0.15, 0.2) is 30.5 Å². The SMILES string of the molecule is Cc1cnc(C(C)NC(C)c2cccc(C(F)(F)F)c2)s1. The van der Waals surface area contributed by atoms with Crippen molar-refractivity contribution in [3.63, 3.8) is 0 Å². The zero-order valence-corrected chi connectivity index (χ0v) is 12.8. The number of nitrogens with zero attached hydrogens (tertiary/aromatic N) is 1. The molecule has 2 rings (SSSR count). The first-order valence-electron chi connectivity index (χ1n) is 6.63. The molecule has 0 saturated heterocycles. The Bertz CT molecular complexity index is 607. The zero-order chi connectivity index (χ0) is 15.6. The number of aryl methyl sites for hydroxylation is 1. The van der Waals surface area contributed by atoms with Crippen molar-refractivity contribution in [3.05, 3.63) is 51.5 Å². The van der Waals surface area contributed by atoms with Crippen LogP contribution in [0.4, 0.5) is 13.2 Å². The Morgan fingerprint density at radius 1 is 1.19 bits per heavy atom. The van der Waals surface area contributed by atoms with Gasteiger partial charge in [0.25, 0.3) is 0 Å². The molecular weight excluding hydrogens is 297 g/mol. The van der Waals surface area contributed by atoms with Crippen LogP contribution in [-0.4, -0.2) is 4.98 Å². The van der Waals surface area contributed by atoms with Gasteiger partial charge in [-0.1, -0.05) is 12.1 Å². The Hall–Kier alpha value is -1.40. The fourth-order valence-electron chi connectivity index (χ4n) is 2.10. The first-order valence-corrected chi connectivity index (χ1v) is 7.44. The third-order valence-electron chi connectivity index (χ3n) is 3.22. The Morgan fingerprint density at radius 3 is 2.48 bits per heavy atom. The molecule has 2 nitrogen and oxygen atoms in total. The predicted molar refractivity (Wildman–Crippen MR) is 78.3 cm³/mol. The van der Waals surface area contributed by atoms with Gasteiger partial charge in [-0.25, -0.2) is 4.98 Å². The summed E-state index contributed by atoms with van der Waals surface area (Å²) < 4.78 is 38.2. The summed E-state index contributed by atoms with van der Waals surface area (Å²) in [5.74, 6) is 0. The van der Waals surface area contributed by atoms with Gasteiger partial charge >= 0.3 is 6.18 Å². The molecule has 1 aromatic heterocycles. The van der Waals surface area contributed by atoms with Crippen molar-refractivity contribution in [2.75, 3.05) is 0 Å². The van der Waals surface area contributed by atoms with E-state index in [1.54, 1.807) is 23.6 Å². The molecule has 2 unspecified atom stereocenters. The Kier molecular flexibility index (Phi) is 4.68. The number of hydrogen-bond donors (Lipinski definition) is 1. The van der Waals surface area contributed by atoms with Gasteiger partial charge in [0.2, 0.25) is 0 Å².